The van der Waals surface area contributed by atoms with Crippen LogP contribution in [0.15, 0.2) is 58.3 Å². The Bertz CT molecular complexity index is 1840. The molecule has 50 heavy (non-hydrogen) atoms. The minimum absolute atomic E-state index is 0.265. The van der Waals surface area contributed by atoms with Gasteiger partial charge >= 0.3 is 23.8 Å². The number of aromatic amines is 2. The number of aromatic nitrogens is 4. The number of nitrogens with two attached hydrogens (primary N) is 2. The number of nitrogen functional groups attached to an aromatic ring is 2. The van der Waals surface area contributed by atoms with Gasteiger partial charge in [-0.1, -0.05) is 23.6 Å². The van der Waals surface area contributed by atoms with E-state index in [1.54, 1.807) is 12.1 Å². The number of hydrogen-bond acceptors (Lipinski definition) is 16. The second kappa shape index (κ2) is 18.3. The maximum absolute atomic E-state index is 10.9. The fourth-order valence-corrected chi connectivity index (χ4v) is 4.02. The molecule has 4 aromatic rings. The summed E-state index contributed by atoms with van der Waals surface area (Å²) in [4.78, 5) is 32.6. The summed E-state index contributed by atoms with van der Waals surface area (Å²) in [7, 11) is -2.86. The maximum Gasteiger partial charge on any atom is 0.393 e. The van der Waals surface area contributed by atoms with Gasteiger partial charge in [-0.3, -0.25) is 20.6 Å². The fourth-order valence-electron chi connectivity index (χ4n) is 3.01. The van der Waals surface area contributed by atoms with E-state index in [4.69, 9.17) is 49.7 Å². The molecule has 0 saturated carbocycles. The van der Waals surface area contributed by atoms with Gasteiger partial charge in [-0.2, -0.15) is 16.8 Å². The number of H-pyrrole nitrogens is 2. The monoisotopic (exact) mass is 746 g/mol. The van der Waals surface area contributed by atoms with Crippen molar-refractivity contribution in [2.45, 2.75) is 9.79 Å². The van der Waals surface area contributed by atoms with Crippen molar-refractivity contribution in [2.75, 3.05) is 39.9 Å². The Kier molecular flexibility index (Phi) is 15.3. The standard InChI is InChI=1S/2C7H6O6S.2C6H9N3O2/c2*8-6-2-1-4(14(11,12)13)3-5(6)7(9)10;2*1-10-4-3-5(11-2)9-6(7)8-4/h2*1-3,8H,(H,9,10)(H,11,12,13);2*3H,1-2H3,(H2,7,8,9). The molecule has 4 rings (SSSR count). The molecular formula is C26H30N6O16S2. The average molecular weight is 747 g/mol. The zero-order chi connectivity index (χ0) is 38.4. The minimum atomic E-state index is -4.48. The number of nitrogens with zero attached hydrogens (tertiary/aromatic N) is 2. The largest absolute Gasteiger partial charge is 0.872 e. The number of anilines is 2. The first-order chi connectivity index (χ1) is 23.2. The second-order valence-electron chi connectivity index (χ2n) is 8.63. The number of carboxylic acid groups (broad SMARTS) is 2. The van der Waals surface area contributed by atoms with Crippen LogP contribution in [0.5, 0.6) is 35.0 Å². The smallest absolute Gasteiger partial charge is 0.393 e. The molecule has 0 unspecified atom stereocenters. The van der Waals surface area contributed by atoms with Gasteiger partial charge in [0.2, 0.25) is 0 Å². The molecule has 2 heterocycles. The van der Waals surface area contributed by atoms with Crippen LogP contribution in [0.25, 0.3) is 0 Å². The predicted molar refractivity (Wildman–Crippen MR) is 162 cm³/mol. The van der Waals surface area contributed by atoms with Crippen molar-refractivity contribution in [3.05, 3.63) is 59.7 Å². The number of hydrogen-bond donors (Lipinski definition) is 6. The van der Waals surface area contributed by atoms with E-state index in [1.807, 2.05) is 0 Å². The minimum Gasteiger partial charge on any atom is -0.872 e. The summed E-state index contributed by atoms with van der Waals surface area (Å²) >= 11 is 0. The van der Waals surface area contributed by atoms with Crippen LogP contribution in [-0.4, -0.2) is 86.5 Å². The molecule has 272 valence electrons. The molecule has 22 nitrogen and oxygen atoms in total. The predicted octanol–water partition coefficient (Wildman–Crippen LogP) is -1.60. The molecule has 0 atom stereocenters. The Hall–Kier alpha value is -6.24. The lowest BCUT2D eigenvalue weighted by Crippen LogP contribution is -2.15. The van der Waals surface area contributed by atoms with Crippen LogP contribution in [0.1, 0.15) is 20.7 Å². The summed E-state index contributed by atoms with van der Waals surface area (Å²) in [5, 5.41) is 38.7. The number of nitrogens with one attached hydrogen (secondary N) is 2. The third kappa shape index (κ3) is 13.5. The SMILES string of the molecule is COc1cc(OC)[nH+]c(N)n1.COc1cc(OC)[nH+]c(N)n1.O=C(O)c1cc(S(=O)(=O)O)ccc1[O-].O=C(O)c1cc(S(=O)(=O)O)ccc1[O-]. The van der Waals surface area contributed by atoms with Gasteiger partial charge in [0.25, 0.3) is 43.8 Å². The van der Waals surface area contributed by atoms with Crippen LogP contribution < -0.4 is 50.6 Å². The zero-order valence-electron chi connectivity index (χ0n) is 26.2. The van der Waals surface area contributed by atoms with E-state index >= 15 is 0 Å². The van der Waals surface area contributed by atoms with Gasteiger partial charge in [0.15, 0.2) is 0 Å². The highest BCUT2D eigenvalue weighted by Gasteiger charge is 2.14. The third-order valence-electron chi connectivity index (χ3n) is 5.29. The van der Waals surface area contributed by atoms with Crippen molar-refractivity contribution in [2.24, 2.45) is 0 Å². The van der Waals surface area contributed by atoms with Crippen molar-refractivity contribution in [1.29, 1.82) is 0 Å². The van der Waals surface area contributed by atoms with Crippen LogP contribution in [0.2, 0.25) is 0 Å². The topological polar surface area (TPSA) is 372 Å². The quantitative estimate of drug-likeness (QED) is 0.111. The molecule has 10 N–H and O–H groups in total. The van der Waals surface area contributed by atoms with Gasteiger partial charge in [-0.25, -0.2) is 19.6 Å². The van der Waals surface area contributed by atoms with Crippen LogP contribution in [0.3, 0.4) is 0 Å². The average Bonchev–Trinajstić information content (AvgIpc) is 3.04. The molecular weight excluding hydrogens is 716 g/mol. The first-order valence-corrected chi connectivity index (χ1v) is 15.6. The number of aromatic carboxylic acids is 2. The highest BCUT2D eigenvalue weighted by atomic mass is 32.2. The van der Waals surface area contributed by atoms with Gasteiger partial charge < -0.3 is 39.4 Å². The zero-order valence-corrected chi connectivity index (χ0v) is 27.8. The molecule has 0 aliphatic carbocycles. The van der Waals surface area contributed by atoms with Crippen molar-refractivity contribution in [3.8, 4) is 35.0 Å². The van der Waals surface area contributed by atoms with Crippen LogP contribution in [0, 0.1) is 0 Å². The fraction of sp³-hybridized carbons (Fsp3) is 0.154. The molecule has 0 saturated heterocycles. The maximum atomic E-state index is 10.9. The highest BCUT2D eigenvalue weighted by Crippen LogP contribution is 2.20. The van der Waals surface area contributed by atoms with Crippen molar-refractivity contribution < 1.29 is 84.9 Å². The first kappa shape index (κ1) is 41.8. The summed E-state index contributed by atoms with van der Waals surface area (Å²) in [6.45, 7) is 0. The van der Waals surface area contributed by atoms with Crippen molar-refractivity contribution in [3.63, 3.8) is 0 Å². The molecule has 0 spiro atoms. The number of ether oxygens (including phenoxy) is 4. The molecule has 2 aromatic heterocycles. The number of benzene rings is 2. The molecule has 0 radical (unpaired) electrons. The van der Waals surface area contributed by atoms with Gasteiger partial charge in [0.05, 0.1) is 61.5 Å². The Morgan fingerprint density at radius 3 is 1.20 bits per heavy atom. The van der Waals surface area contributed by atoms with E-state index in [0.29, 0.717) is 35.7 Å². The van der Waals surface area contributed by atoms with Gasteiger partial charge in [-0.15, -0.1) is 0 Å². The lowest BCUT2D eigenvalue weighted by molar-refractivity contribution is -0.380. The molecule has 2 aromatic carbocycles. The number of carbonyl (C=O) groups is 2. The van der Waals surface area contributed by atoms with Gasteiger partial charge in [-0.05, 0) is 34.2 Å². The molecule has 0 bridgehead atoms. The van der Waals surface area contributed by atoms with E-state index in [-0.39, 0.29) is 11.9 Å². The van der Waals surface area contributed by atoms with Crippen molar-refractivity contribution >= 4 is 44.1 Å². The molecule has 0 aliphatic rings. The molecule has 0 aliphatic heterocycles. The Morgan fingerprint density at radius 1 is 0.640 bits per heavy atom. The second-order valence-corrected chi connectivity index (χ2v) is 11.5. The van der Waals surface area contributed by atoms with Crippen molar-refractivity contribution in [1.82, 2.24) is 9.97 Å². The van der Waals surface area contributed by atoms with Crippen LogP contribution in [0.4, 0.5) is 11.9 Å². The van der Waals surface area contributed by atoms with Crippen LogP contribution >= 0.6 is 0 Å². The number of methoxy groups -OCH3 is 4. The van der Waals surface area contributed by atoms with E-state index in [9.17, 15) is 36.6 Å². The Morgan fingerprint density at radius 2 is 0.960 bits per heavy atom. The third-order valence-corrected chi connectivity index (χ3v) is 6.99. The molecule has 0 fully saturated rings. The van der Waals surface area contributed by atoms with E-state index in [1.165, 1.54) is 28.4 Å². The lowest BCUT2D eigenvalue weighted by Gasteiger charge is -2.09. The van der Waals surface area contributed by atoms with E-state index in [2.05, 4.69) is 19.9 Å². The highest BCUT2D eigenvalue weighted by molar-refractivity contribution is 7.86. The van der Waals surface area contributed by atoms with Gasteiger partial charge in [0, 0.05) is 0 Å². The van der Waals surface area contributed by atoms with E-state index in [0.717, 1.165) is 24.3 Å². The number of rotatable bonds is 8. The normalized spacial score (nSPS) is 10.4. The van der Waals surface area contributed by atoms with Crippen LogP contribution in [-0.2, 0) is 20.2 Å². The van der Waals surface area contributed by atoms with E-state index < -0.39 is 64.6 Å². The Balaban J connectivity index is 0.000000335. The summed E-state index contributed by atoms with van der Waals surface area (Å²) in [5.74, 6) is -2.28. The summed E-state index contributed by atoms with van der Waals surface area (Å²) in [6.07, 6.45) is 0. The Labute approximate surface area is 283 Å². The first-order valence-electron chi connectivity index (χ1n) is 12.8. The lowest BCUT2D eigenvalue weighted by atomic mass is 10.2. The molecule has 24 heteroatoms. The summed E-state index contributed by atoms with van der Waals surface area (Å²) in [6, 6.07) is 7.65. The number of carboxylic acids is 2. The summed E-state index contributed by atoms with van der Waals surface area (Å²) < 4.78 is 78.9. The summed E-state index contributed by atoms with van der Waals surface area (Å²) in [5.41, 5.74) is 9.38. The molecule has 0 amide bonds. The van der Waals surface area contributed by atoms with Gasteiger partial charge in [0.1, 0.15) is 0 Å².